The van der Waals surface area contributed by atoms with Gasteiger partial charge in [-0.15, -0.1) is 0 Å². The first-order chi connectivity index (χ1) is 9.54. The quantitative estimate of drug-likeness (QED) is 0.805. The van der Waals surface area contributed by atoms with Crippen molar-refractivity contribution >= 4 is 12.0 Å². The molecule has 2 amide bonds. The van der Waals surface area contributed by atoms with Crippen molar-refractivity contribution in [3.63, 3.8) is 0 Å². The van der Waals surface area contributed by atoms with E-state index in [1.807, 2.05) is 44.2 Å². The van der Waals surface area contributed by atoms with E-state index in [4.69, 9.17) is 5.11 Å². The zero-order valence-electron chi connectivity index (χ0n) is 12.0. The second-order valence-electron chi connectivity index (χ2n) is 4.75. The van der Waals surface area contributed by atoms with Crippen LogP contribution in [0.15, 0.2) is 30.3 Å². The molecule has 0 aliphatic rings. The SMILES string of the molecule is CCC(C)N(Cc1ccccc1)C(=O)NCCC(=O)O. The normalized spacial score (nSPS) is 11.7. The van der Waals surface area contributed by atoms with E-state index < -0.39 is 5.97 Å². The third-order valence-corrected chi connectivity index (χ3v) is 3.19. The Hall–Kier alpha value is -2.04. The Balaban J connectivity index is 2.64. The Kier molecular flexibility index (Phi) is 6.56. The summed E-state index contributed by atoms with van der Waals surface area (Å²) in [7, 11) is 0. The number of urea groups is 1. The zero-order valence-corrected chi connectivity index (χ0v) is 12.0. The molecule has 1 unspecified atom stereocenters. The van der Waals surface area contributed by atoms with Crippen molar-refractivity contribution in [1.82, 2.24) is 10.2 Å². The molecule has 0 radical (unpaired) electrons. The predicted molar refractivity (Wildman–Crippen MR) is 77.4 cm³/mol. The molecule has 5 heteroatoms. The lowest BCUT2D eigenvalue weighted by molar-refractivity contribution is -0.136. The summed E-state index contributed by atoms with van der Waals surface area (Å²) in [6.07, 6.45) is 0.782. The van der Waals surface area contributed by atoms with E-state index in [1.54, 1.807) is 4.90 Å². The van der Waals surface area contributed by atoms with Crippen LogP contribution in [0.3, 0.4) is 0 Å². The Bertz CT molecular complexity index is 434. The number of rotatable bonds is 7. The Morgan fingerprint density at radius 3 is 2.50 bits per heavy atom. The van der Waals surface area contributed by atoms with E-state index in [1.165, 1.54) is 0 Å². The number of carbonyl (C=O) groups excluding carboxylic acids is 1. The van der Waals surface area contributed by atoms with Gasteiger partial charge < -0.3 is 15.3 Å². The van der Waals surface area contributed by atoms with Crippen LogP contribution in [-0.2, 0) is 11.3 Å². The van der Waals surface area contributed by atoms with E-state index in [9.17, 15) is 9.59 Å². The average Bonchev–Trinajstić information content (AvgIpc) is 2.44. The van der Waals surface area contributed by atoms with E-state index in [-0.39, 0.29) is 25.0 Å². The second-order valence-corrected chi connectivity index (χ2v) is 4.75. The van der Waals surface area contributed by atoms with Gasteiger partial charge in [0.25, 0.3) is 0 Å². The number of aliphatic carboxylic acids is 1. The van der Waals surface area contributed by atoms with Crippen LogP contribution in [0.25, 0.3) is 0 Å². The van der Waals surface area contributed by atoms with Crippen LogP contribution in [0.2, 0.25) is 0 Å². The van der Waals surface area contributed by atoms with Gasteiger partial charge in [-0.3, -0.25) is 4.79 Å². The summed E-state index contributed by atoms with van der Waals surface area (Å²) in [5.74, 6) is -0.913. The van der Waals surface area contributed by atoms with E-state index in [0.29, 0.717) is 6.54 Å². The van der Waals surface area contributed by atoms with Crippen LogP contribution in [0.1, 0.15) is 32.3 Å². The van der Waals surface area contributed by atoms with Gasteiger partial charge in [-0.25, -0.2) is 4.79 Å². The molecule has 0 aliphatic carbocycles. The Morgan fingerprint density at radius 1 is 1.30 bits per heavy atom. The summed E-state index contributed by atoms with van der Waals surface area (Å²) in [4.78, 5) is 24.4. The van der Waals surface area contributed by atoms with Gasteiger partial charge >= 0.3 is 12.0 Å². The molecule has 0 saturated heterocycles. The maximum Gasteiger partial charge on any atom is 0.317 e. The molecule has 0 aliphatic heterocycles. The molecular weight excluding hydrogens is 256 g/mol. The molecular formula is C15H22N2O3. The largest absolute Gasteiger partial charge is 0.481 e. The molecule has 5 nitrogen and oxygen atoms in total. The van der Waals surface area contributed by atoms with Gasteiger partial charge in [0.05, 0.1) is 6.42 Å². The lowest BCUT2D eigenvalue weighted by atomic mass is 10.1. The number of carboxylic acids is 1. The molecule has 0 heterocycles. The molecule has 0 fully saturated rings. The van der Waals surface area contributed by atoms with Crippen LogP contribution in [-0.4, -0.2) is 34.6 Å². The summed E-state index contributed by atoms with van der Waals surface area (Å²) in [5, 5.41) is 11.2. The highest BCUT2D eigenvalue weighted by Gasteiger charge is 2.18. The molecule has 20 heavy (non-hydrogen) atoms. The molecule has 0 saturated carbocycles. The van der Waals surface area contributed by atoms with Crippen molar-refractivity contribution in [1.29, 1.82) is 0 Å². The van der Waals surface area contributed by atoms with E-state index >= 15 is 0 Å². The number of carboxylic acid groups (broad SMARTS) is 1. The standard InChI is InChI=1S/C15H22N2O3/c1-3-12(2)17(11-13-7-5-4-6-8-13)15(20)16-10-9-14(18)19/h4-8,12H,3,9-11H2,1-2H3,(H,16,20)(H,18,19). The fraction of sp³-hybridized carbons (Fsp3) is 0.467. The highest BCUT2D eigenvalue weighted by atomic mass is 16.4. The number of benzene rings is 1. The molecule has 0 aromatic heterocycles. The molecule has 1 rings (SSSR count). The van der Waals surface area contributed by atoms with Crippen LogP contribution < -0.4 is 5.32 Å². The van der Waals surface area contributed by atoms with Gasteiger partial charge in [0, 0.05) is 19.1 Å². The van der Waals surface area contributed by atoms with Crippen LogP contribution in [0.5, 0.6) is 0 Å². The van der Waals surface area contributed by atoms with E-state index in [0.717, 1.165) is 12.0 Å². The first-order valence-corrected chi connectivity index (χ1v) is 6.84. The zero-order chi connectivity index (χ0) is 15.0. The Morgan fingerprint density at radius 2 is 1.95 bits per heavy atom. The van der Waals surface area contributed by atoms with Gasteiger partial charge in [-0.1, -0.05) is 37.3 Å². The summed E-state index contributed by atoms with van der Waals surface area (Å²) >= 11 is 0. The summed E-state index contributed by atoms with van der Waals surface area (Å²) < 4.78 is 0. The predicted octanol–water partition coefficient (Wildman–Crippen LogP) is 2.47. The van der Waals surface area contributed by atoms with Crippen LogP contribution in [0.4, 0.5) is 4.79 Å². The molecule has 1 atom stereocenters. The maximum absolute atomic E-state index is 12.2. The summed E-state index contributed by atoms with van der Waals surface area (Å²) in [6, 6.07) is 9.63. The van der Waals surface area contributed by atoms with E-state index in [2.05, 4.69) is 5.32 Å². The minimum Gasteiger partial charge on any atom is -0.481 e. The molecule has 0 spiro atoms. The third kappa shape index (κ3) is 5.30. The smallest absolute Gasteiger partial charge is 0.317 e. The summed E-state index contributed by atoms with van der Waals surface area (Å²) in [6.45, 7) is 4.68. The van der Waals surface area contributed by atoms with Crippen molar-refractivity contribution in [2.45, 2.75) is 39.3 Å². The monoisotopic (exact) mass is 278 g/mol. The number of hydrogen-bond acceptors (Lipinski definition) is 2. The van der Waals surface area contributed by atoms with Gasteiger partial charge in [0.1, 0.15) is 0 Å². The number of nitrogens with one attached hydrogen (secondary N) is 1. The van der Waals surface area contributed by atoms with Crippen molar-refractivity contribution < 1.29 is 14.7 Å². The first kappa shape index (κ1) is 16.0. The third-order valence-electron chi connectivity index (χ3n) is 3.19. The number of amides is 2. The highest BCUT2D eigenvalue weighted by molar-refractivity contribution is 5.75. The average molecular weight is 278 g/mol. The Labute approximate surface area is 119 Å². The highest BCUT2D eigenvalue weighted by Crippen LogP contribution is 2.10. The van der Waals surface area contributed by atoms with Gasteiger partial charge in [0.2, 0.25) is 0 Å². The summed E-state index contributed by atoms with van der Waals surface area (Å²) in [5.41, 5.74) is 1.06. The lowest BCUT2D eigenvalue weighted by Crippen LogP contribution is -2.44. The van der Waals surface area contributed by atoms with Crippen LogP contribution >= 0.6 is 0 Å². The fourth-order valence-electron chi connectivity index (χ4n) is 1.81. The van der Waals surface area contributed by atoms with Gasteiger partial charge in [-0.05, 0) is 18.9 Å². The fourth-order valence-corrected chi connectivity index (χ4v) is 1.81. The van der Waals surface area contributed by atoms with Crippen molar-refractivity contribution in [3.8, 4) is 0 Å². The minimum atomic E-state index is -0.913. The molecule has 1 aromatic rings. The molecule has 2 N–H and O–H groups in total. The molecule has 1 aromatic carbocycles. The van der Waals surface area contributed by atoms with Crippen molar-refractivity contribution in [2.75, 3.05) is 6.54 Å². The topological polar surface area (TPSA) is 69.6 Å². The van der Waals surface area contributed by atoms with Gasteiger partial charge in [0.15, 0.2) is 0 Å². The maximum atomic E-state index is 12.2. The minimum absolute atomic E-state index is 0.0641. The van der Waals surface area contributed by atoms with Crippen LogP contribution in [0, 0.1) is 0 Å². The number of hydrogen-bond donors (Lipinski definition) is 2. The number of nitrogens with zero attached hydrogens (tertiary/aromatic N) is 1. The molecule has 0 bridgehead atoms. The first-order valence-electron chi connectivity index (χ1n) is 6.84. The number of carbonyl (C=O) groups is 2. The van der Waals surface area contributed by atoms with Crippen molar-refractivity contribution in [3.05, 3.63) is 35.9 Å². The second kappa shape index (κ2) is 8.19. The molecule has 110 valence electrons. The van der Waals surface area contributed by atoms with Crippen molar-refractivity contribution in [2.24, 2.45) is 0 Å². The van der Waals surface area contributed by atoms with Gasteiger partial charge in [-0.2, -0.15) is 0 Å². The lowest BCUT2D eigenvalue weighted by Gasteiger charge is -2.28.